The normalized spacial score (nSPS) is 12.6. The second-order valence-corrected chi connectivity index (χ2v) is 4.55. The van der Waals surface area contributed by atoms with E-state index < -0.39 is 0 Å². The lowest BCUT2D eigenvalue weighted by Crippen LogP contribution is -2.18. The summed E-state index contributed by atoms with van der Waals surface area (Å²) in [5.74, 6) is 0. The molecule has 2 nitrogen and oxygen atoms in total. The molecule has 3 heteroatoms. The predicted molar refractivity (Wildman–Crippen MR) is 68.4 cm³/mol. The summed E-state index contributed by atoms with van der Waals surface area (Å²) >= 11 is 3.57. The summed E-state index contributed by atoms with van der Waals surface area (Å²) in [5, 5.41) is 3.30. The number of nitrogens with one attached hydrogen (secondary N) is 1. The Morgan fingerprint density at radius 2 is 2.12 bits per heavy atom. The maximum absolute atomic E-state index is 5.11. The summed E-state index contributed by atoms with van der Waals surface area (Å²) < 4.78 is 6.27. The van der Waals surface area contributed by atoms with Gasteiger partial charge in [-0.2, -0.15) is 0 Å². The molecule has 0 radical (unpaired) electrons. The minimum Gasteiger partial charge on any atom is -0.472 e. The van der Waals surface area contributed by atoms with Crippen molar-refractivity contribution >= 4 is 15.9 Å². The van der Waals surface area contributed by atoms with E-state index in [1.54, 1.807) is 12.5 Å². The molecule has 2 aromatic rings. The lowest BCUT2D eigenvalue weighted by molar-refractivity contribution is 0.542. The molecule has 0 aliphatic carbocycles. The average molecular weight is 280 g/mol. The molecular weight excluding hydrogens is 266 g/mol. The highest BCUT2D eigenvalue weighted by Crippen LogP contribution is 2.23. The van der Waals surface area contributed by atoms with Crippen molar-refractivity contribution in [3.63, 3.8) is 0 Å². The van der Waals surface area contributed by atoms with E-state index in [9.17, 15) is 0 Å². The summed E-state index contributed by atoms with van der Waals surface area (Å²) in [6.07, 6.45) is 4.44. The Morgan fingerprint density at radius 1 is 1.31 bits per heavy atom. The van der Waals surface area contributed by atoms with E-state index in [0.717, 1.165) is 10.9 Å². The molecule has 0 amide bonds. The molecule has 1 N–H and O–H groups in total. The molecule has 0 saturated carbocycles. The van der Waals surface area contributed by atoms with Crippen LogP contribution in [0.5, 0.6) is 0 Å². The fourth-order valence-corrected chi connectivity index (χ4v) is 2.19. The first-order valence-electron chi connectivity index (χ1n) is 5.24. The fourth-order valence-electron chi connectivity index (χ4n) is 1.74. The van der Waals surface area contributed by atoms with Gasteiger partial charge in [0.05, 0.1) is 12.5 Å². The summed E-state index contributed by atoms with van der Waals surface area (Å²) in [4.78, 5) is 0. The van der Waals surface area contributed by atoms with E-state index in [2.05, 4.69) is 39.4 Å². The maximum atomic E-state index is 5.11. The first-order chi connectivity index (χ1) is 7.81. The van der Waals surface area contributed by atoms with Crippen LogP contribution in [0.4, 0.5) is 0 Å². The number of hydrogen-bond acceptors (Lipinski definition) is 2. The maximum Gasteiger partial charge on any atom is 0.0950 e. The Kier molecular flexibility index (Phi) is 3.80. The van der Waals surface area contributed by atoms with Crippen LogP contribution >= 0.6 is 15.9 Å². The van der Waals surface area contributed by atoms with Gasteiger partial charge < -0.3 is 9.73 Å². The van der Waals surface area contributed by atoms with Gasteiger partial charge in [0.2, 0.25) is 0 Å². The smallest absolute Gasteiger partial charge is 0.0950 e. The second-order valence-electron chi connectivity index (χ2n) is 3.69. The minimum absolute atomic E-state index is 0.289. The van der Waals surface area contributed by atoms with E-state index in [1.165, 1.54) is 11.1 Å². The minimum atomic E-state index is 0.289. The van der Waals surface area contributed by atoms with Crippen molar-refractivity contribution in [1.82, 2.24) is 5.32 Å². The lowest BCUT2D eigenvalue weighted by Gasteiger charge is -2.15. The number of rotatable bonds is 4. The van der Waals surface area contributed by atoms with Crippen LogP contribution in [0, 0.1) is 0 Å². The van der Waals surface area contributed by atoms with Crippen LogP contribution in [-0.4, -0.2) is 7.05 Å². The molecule has 0 fully saturated rings. The van der Waals surface area contributed by atoms with Crippen molar-refractivity contribution < 1.29 is 4.42 Å². The van der Waals surface area contributed by atoms with Gasteiger partial charge in [-0.25, -0.2) is 0 Å². The predicted octanol–water partition coefficient (Wildman–Crippen LogP) is 3.55. The molecule has 16 heavy (non-hydrogen) atoms. The summed E-state index contributed by atoms with van der Waals surface area (Å²) in [6, 6.07) is 10.6. The van der Waals surface area contributed by atoms with Crippen LogP contribution in [0.3, 0.4) is 0 Å². The largest absolute Gasteiger partial charge is 0.472 e. The first-order valence-corrected chi connectivity index (χ1v) is 6.03. The molecule has 1 atom stereocenters. The van der Waals surface area contributed by atoms with Gasteiger partial charge in [0, 0.05) is 16.1 Å². The molecule has 0 aliphatic heterocycles. The Bertz CT molecular complexity index is 439. The van der Waals surface area contributed by atoms with Crippen LogP contribution in [0.2, 0.25) is 0 Å². The third-order valence-corrected chi connectivity index (χ3v) is 3.45. The van der Waals surface area contributed by atoms with Gasteiger partial charge in [-0.05, 0) is 31.2 Å². The van der Waals surface area contributed by atoms with E-state index in [-0.39, 0.29) is 6.04 Å². The molecule has 0 aliphatic rings. The zero-order chi connectivity index (χ0) is 11.4. The first kappa shape index (κ1) is 11.4. The fraction of sp³-hybridized carbons (Fsp3) is 0.231. The van der Waals surface area contributed by atoms with Crippen molar-refractivity contribution in [3.05, 3.63) is 58.5 Å². The number of halogens is 1. The Labute approximate surface area is 104 Å². The molecule has 1 heterocycles. The van der Waals surface area contributed by atoms with Crippen LogP contribution in [0.1, 0.15) is 17.2 Å². The standard InChI is InChI=1S/C13H14BrNO/c1-15-13(11-6-7-16-9-11)8-10-4-2-3-5-12(10)14/h2-7,9,13,15H,8H2,1H3. The zero-order valence-corrected chi connectivity index (χ0v) is 10.7. The van der Waals surface area contributed by atoms with Gasteiger partial charge >= 0.3 is 0 Å². The molecule has 0 bridgehead atoms. The van der Waals surface area contributed by atoms with Gasteiger partial charge in [-0.1, -0.05) is 34.1 Å². The molecule has 0 saturated heterocycles. The molecule has 2 rings (SSSR count). The van der Waals surface area contributed by atoms with Crippen LogP contribution in [0.15, 0.2) is 51.7 Å². The van der Waals surface area contributed by atoms with Crippen molar-refractivity contribution in [2.24, 2.45) is 0 Å². The summed E-state index contributed by atoms with van der Waals surface area (Å²) in [6.45, 7) is 0. The van der Waals surface area contributed by atoms with Gasteiger partial charge in [0.25, 0.3) is 0 Å². The van der Waals surface area contributed by atoms with E-state index >= 15 is 0 Å². The lowest BCUT2D eigenvalue weighted by atomic mass is 10.0. The van der Waals surface area contributed by atoms with Gasteiger partial charge in [0.15, 0.2) is 0 Å². The Balaban J connectivity index is 2.17. The van der Waals surface area contributed by atoms with Gasteiger partial charge in [-0.15, -0.1) is 0 Å². The quantitative estimate of drug-likeness (QED) is 0.926. The van der Waals surface area contributed by atoms with E-state index in [4.69, 9.17) is 4.42 Å². The molecule has 1 aromatic heterocycles. The molecule has 1 unspecified atom stereocenters. The second kappa shape index (κ2) is 5.32. The average Bonchev–Trinajstić information content (AvgIpc) is 2.81. The van der Waals surface area contributed by atoms with Crippen molar-refractivity contribution in [2.45, 2.75) is 12.5 Å². The summed E-state index contributed by atoms with van der Waals surface area (Å²) in [7, 11) is 1.97. The highest BCUT2D eigenvalue weighted by molar-refractivity contribution is 9.10. The van der Waals surface area contributed by atoms with Crippen LogP contribution in [0.25, 0.3) is 0 Å². The number of furan rings is 1. The topological polar surface area (TPSA) is 25.2 Å². The Hall–Kier alpha value is -1.06. The van der Waals surface area contributed by atoms with Crippen LogP contribution in [-0.2, 0) is 6.42 Å². The third-order valence-electron chi connectivity index (χ3n) is 2.68. The van der Waals surface area contributed by atoms with Crippen molar-refractivity contribution in [2.75, 3.05) is 7.05 Å². The molecule has 84 valence electrons. The Morgan fingerprint density at radius 3 is 2.75 bits per heavy atom. The van der Waals surface area contributed by atoms with Crippen LogP contribution < -0.4 is 5.32 Å². The molecule has 1 aromatic carbocycles. The summed E-state index contributed by atoms with van der Waals surface area (Å²) in [5.41, 5.74) is 2.47. The molecule has 0 spiro atoms. The third kappa shape index (κ3) is 2.54. The van der Waals surface area contributed by atoms with Crippen molar-refractivity contribution in [3.8, 4) is 0 Å². The van der Waals surface area contributed by atoms with Gasteiger partial charge in [-0.3, -0.25) is 0 Å². The molecular formula is C13H14BrNO. The number of hydrogen-bond donors (Lipinski definition) is 1. The highest BCUT2D eigenvalue weighted by Gasteiger charge is 2.12. The number of benzene rings is 1. The van der Waals surface area contributed by atoms with Crippen molar-refractivity contribution in [1.29, 1.82) is 0 Å². The number of likely N-dealkylation sites (N-methyl/N-ethyl adjacent to an activating group) is 1. The monoisotopic (exact) mass is 279 g/mol. The highest BCUT2D eigenvalue weighted by atomic mass is 79.9. The zero-order valence-electron chi connectivity index (χ0n) is 9.11. The van der Waals surface area contributed by atoms with E-state index in [0.29, 0.717) is 0 Å². The van der Waals surface area contributed by atoms with E-state index in [1.807, 2.05) is 19.2 Å². The SMILES string of the molecule is CNC(Cc1ccccc1Br)c1ccoc1. The van der Waals surface area contributed by atoms with Gasteiger partial charge in [0.1, 0.15) is 0 Å².